The predicted molar refractivity (Wildman–Crippen MR) is 78.2 cm³/mol. The van der Waals surface area contributed by atoms with Crippen LogP contribution in [-0.2, 0) is 11.3 Å². The molecule has 1 aliphatic rings. The molecule has 2 rings (SSSR count). The van der Waals surface area contributed by atoms with Gasteiger partial charge in [0, 0.05) is 13.1 Å². The summed E-state index contributed by atoms with van der Waals surface area (Å²) in [5, 5.41) is 0. The van der Waals surface area contributed by atoms with E-state index in [0.29, 0.717) is 12.7 Å². The van der Waals surface area contributed by atoms with Crippen molar-refractivity contribution in [3.05, 3.63) is 29.8 Å². The summed E-state index contributed by atoms with van der Waals surface area (Å²) in [5.74, 6) is 3.14. The van der Waals surface area contributed by atoms with Crippen LogP contribution in [0.3, 0.4) is 0 Å². The molecule has 1 saturated heterocycles. The Morgan fingerprint density at radius 1 is 1.37 bits per heavy atom. The van der Waals surface area contributed by atoms with E-state index in [2.05, 4.69) is 36.4 Å². The van der Waals surface area contributed by atoms with E-state index < -0.39 is 0 Å². The van der Waals surface area contributed by atoms with E-state index in [1.165, 1.54) is 5.56 Å². The molecular formula is C16H23NO2. The van der Waals surface area contributed by atoms with Crippen molar-refractivity contribution in [2.45, 2.75) is 26.1 Å². The van der Waals surface area contributed by atoms with Crippen LogP contribution in [0.15, 0.2) is 24.3 Å². The highest BCUT2D eigenvalue weighted by molar-refractivity contribution is 5.26. The molecule has 0 aliphatic carbocycles. The van der Waals surface area contributed by atoms with Crippen molar-refractivity contribution in [3.8, 4) is 18.1 Å². The molecule has 3 nitrogen and oxygen atoms in total. The van der Waals surface area contributed by atoms with Crippen LogP contribution in [0.2, 0.25) is 0 Å². The average Bonchev–Trinajstić information content (AvgIpc) is 2.84. The predicted octanol–water partition coefficient (Wildman–Crippen LogP) is 2.56. The number of terminal acetylenes is 1. The maximum atomic E-state index is 5.85. The fourth-order valence-electron chi connectivity index (χ4n) is 1.97. The number of ether oxygens (including phenoxy) is 2. The molecule has 0 amide bonds. The second-order valence-corrected chi connectivity index (χ2v) is 4.62. The summed E-state index contributed by atoms with van der Waals surface area (Å²) >= 11 is 0. The molecule has 3 heteroatoms. The third kappa shape index (κ3) is 5.78. The van der Waals surface area contributed by atoms with E-state index in [9.17, 15) is 0 Å². The standard InChI is InChI=1S/C13H19NO2.C3H4/c1-14-8-7-13(9-14)16-10-11-3-5-12(15-2)6-4-11;1-3-2/h3-6,13H,7-10H2,1-2H3;1H,2H3. The Labute approximate surface area is 116 Å². The topological polar surface area (TPSA) is 21.7 Å². The van der Waals surface area contributed by atoms with Crippen LogP contribution in [0.4, 0.5) is 0 Å². The lowest BCUT2D eigenvalue weighted by Gasteiger charge is -2.12. The number of likely N-dealkylation sites (tertiary alicyclic amines) is 1. The fraction of sp³-hybridized carbons (Fsp3) is 0.500. The molecular weight excluding hydrogens is 238 g/mol. The molecule has 1 atom stereocenters. The molecule has 0 spiro atoms. The SMILES string of the molecule is C#CC.COc1ccc(COC2CCN(C)C2)cc1. The van der Waals surface area contributed by atoms with Gasteiger partial charge in [-0.2, -0.15) is 0 Å². The van der Waals surface area contributed by atoms with Gasteiger partial charge in [0.15, 0.2) is 0 Å². The van der Waals surface area contributed by atoms with Crippen molar-refractivity contribution in [2.75, 3.05) is 27.2 Å². The monoisotopic (exact) mass is 261 g/mol. The largest absolute Gasteiger partial charge is 0.497 e. The number of rotatable bonds is 4. The van der Waals surface area contributed by atoms with Crippen molar-refractivity contribution in [1.29, 1.82) is 0 Å². The summed E-state index contributed by atoms with van der Waals surface area (Å²) in [4.78, 5) is 2.30. The summed E-state index contributed by atoms with van der Waals surface area (Å²) in [7, 11) is 3.82. The molecule has 1 aromatic rings. The number of methoxy groups -OCH3 is 1. The van der Waals surface area contributed by atoms with Crippen LogP contribution in [0.25, 0.3) is 0 Å². The second kappa shape index (κ2) is 8.58. The fourth-order valence-corrected chi connectivity index (χ4v) is 1.97. The van der Waals surface area contributed by atoms with Gasteiger partial charge in [-0.3, -0.25) is 0 Å². The Morgan fingerprint density at radius 2 is 2.00 bits per heavy atom. The van der Waals surface area contributed by atoms with E-state index in [0.717, 1.165) is 25.3 Å². The third-order valence-electron chi connectivity index (χ3n) is 2.99. The molecule has 0 saturated carbocycles. The van der Waals surface area contributed by atoms with Gasteiger partial charge in [-0.1, -0.05) is 12.1 Å². The zero-order chi connectivity index (χ0) is 14.1. The smallest absolute Gasteiger partial charge is 0.118 e. The van der Waals surface area contributed by atoms with Gasteiger partial charge in [0.25, 0.3) is 0 Å². The van der Waals surface area contributed by atoms with E-state index >= 15 is 0 Å². The zero-order valence-electron chi connectivity index (χ0n) is 12.1. The van der Waals surface area contributed by atoms with E-state index in [1.807, 2.05) is 12.1 Å². The van der Waals surface area contributed by atoms with Crippen LogP contribution in [0.5, 0.6) is 5.75 Å². The maximum Gasteiger partial charge on any atom is 0.118 e. The molecule has 19 heavy (non-hydrogen) atoms. The van der Waals surface area contributed by atoms with Crippen LogP contribution >= 0.6 is 0 Å². The molecule has 1 fully saturated rings. The van der Waals surface area contributed by atoms with Crippen molar-refractivity contribution in [2.24, 2.45) is 0 Å². The van der Waals surface area contributed by atoms with E-state index in [1.54, 1.807) is 14.0 Å². The van der Waals surface area contributed by atoms with Gasteiger partial charge in [-0.05, 0) is 38.1 Å². The minimum Gasteiger partial charge on any atom is -0.497 e. The quantitative estimate of drug-likeness (QED) is 0.778. The molecule has 0 radical (unpaired) electrons. The van der Waals surface area contributed by atoms with Crippen molar-refractivity contribution < 1.29 is 9.47 Å². The molecule has 104 valence electrons. The van der Waals surface area contributed by atoms with Gasteiger partial charge in [-0.15, -0.1) is 12.3 Å². The Bertz CT molecular complexity index is 394. The first-order chi connectivity index (χ1) is 9.19. The van der Waals surface area contributed by atoms with Crippen molar-refractivity contribution in [1.82, 2.24) is 4.90 Å². The van der Waals surface area contributed by atoms with Gasteiger partial charge in [0.05, 0.1) is 19.8 Å². The van der Waals surface area contributed by atoms with Crippen molar-refractivity contribution in [3.63, 3.8) is 0 Å². The highest BCUT2D eigenvalue weighted by Crippen LogP contribution is 2.15. The van der Waals surface area contributed by atoms with Crippen LogP contribution in [-0.4, -0.2) is 38.3 Å². The van der Waals surface area contributed by atoms with Gasteiger partial charge < -0.3 is 14.4 Å². The lowest BCUT2D eigenvalue weighted by molar-refractivity contribution is 0.0483. The summed E-state index contributed by atoms with van der Waals surface area (Å²) in [6.45, 7) is 4.55. The van der Waals surface area contributed by atoms with Crippen molar-refractivity contribution >= 4 is 0 Å². The van der Waals surface area contributed by atoms with Gasteiger partial charge >= 0.3 is 0 Å². The molecule has 0 aromatic heterocycles. The summed E-state index contributed by atoms with van der Waals surface area (Å²) in [6.07, 6.45) is 6.14. The Kier molecular flexibility index (Phi) is 7.02. The van der Waals surface area contributed by atoms with Crippen LogP contribution in [0.1, 0.15) is 18.9 Å². The number of likely N-dealkylation sites (N-methyl/N-ethyl adjacent to an activating group) is 1. The average molecular weight is 261 g/mol. The van der Waals surface area contributed by atoms with Gasteiger partial charge in [0.2, 0.25) is 0 Å². The van der Waals surface area contributed by atoms with Crippen LogP contribution < -0.4 is 4.74 Å². The highest BCUT2D eigenvalue weighted by atomic mass is 16.5. The molecule has 0 bridgehead atoms. The lowest BCUT2D eigenvalue weighted by atomic mass is 10.2. The minimum atomic E-state index is 0.395. The van der Waals surface area contributed by atoms with Gasteiger partial charge in [-0.25, -0.2) is 0 Å². The molecule has 0 N–H and O–H groups in total. The van der Waals surface area contributed by atoms with E-state index in [-0.39, 0.29) is 0 Å². The summed E-state index contributed by atoms with van der Waals surface area (Å²) in [6, 6.07) is 8.05. The summed E-state index contributed by atoms with van der Waals surface area (Å²) < 4.78 is 11.0. The first kappa shape index (κ1) is 15.6. The number of benzene rings is 1. The molecule has 1 aromatic carbocycles. The first-order valence-electron chi connectivity index (χ1n) is 6.50. The minimum absolute atomic E-state index is 0.395. The van der Waals surface area contributed by atoms with Gasteiger partial charge in [0.1, 0.15) is 5.75 Å². The molecule has 1 unspecified atom stereocenters. The second-order valence-electron chi connectivity index (χ2n) is 4.62. The van der Waals surface area contributed by atoms with Crippen LogP contribution in [0, 0.1) is 12.3 Å². The highest BCUT2D eigenvalue weighted by Gasteiger charge is 2.19. The molecule has 1 aliphatic heterocycles. The number of hydrogen-bond acceptors (Lipinski definition) is 3. The lowest BCUT2D eigenvalue weighted by Crippen LogP contribution is -2.18. The maximum absolute atomic E-state index is 5.85. The Balaban J connectivity index is 0.000000550. The number of hydrogen-bond donors (Lipinski definition) is 0. The zero-order valence-corrected chi connectivity index (χ0v) is 12.1. The van der Waals surface area contributed by atoms with E-state index in [4.69, 9.17) is 9.47 Å². The Hall–Kier alpha value is -1.50. The third-order valence-corrected chi connectivity index (χ3v) is 2.99. The number of nitrogens with zero attached hydrogens (tertiary/aromatic N) is 1. The summed E-state index contributed by atoms with van der Waals surface area (Å²) in [5.41, 5.74) is 1.20. The normalized spacial score (nSPS) is 18.3. The first-order valence-corrected chi connectivity index (χ1v) is 6.50. The Morgan fingerprint density at radius 3 is 2.47 bits per heavy atom. The molecule has 1 heterocycles.